The fraction of sp³-hybridized carbons (Fsp3) is 0.200. The summed E-state index contributed by atoms with van der Waals surface area (Å²) < 4.78 is 0. The number of benzene rings is 2. The molecule has 0 bridgehead atoms. The van der Waals surface area contributed by atoms with Crippen LogP contribution in [0.15, 0.2) is 41.3 Å². The van der Waals surface area contributed by atoms with Crippen LogP contribution in [0, 0.1) is 13.8 Å². The highest BCUT2D eigenvalue weighted by Gasteiger charge is 2.01. The monoisotopic (exact) mass is 258 g/mol. The first-order valence-electron chi connectivity index (χ1n) is 5.89. The van der Waals surface area contributed by atoms with Crippen molar-refractivity contribution >= 4 is 23.1 Å². The second-order valence-corrected chi connectivity index (χ2v) is 5.62. The maximum absolute atomic E-state index is 5.80. The SMILES string of the molecule is Cc1cc(C)cc(CSc2ccc(N)c(N)c2)c1. The van der Waals surface area contributed by atoms with Crippen LogP contribution in [0.4, 0.5) is 11.4 Å². The van der Waals surface area contributed by atoms with Crippen LogP contribution in [0.1, 0.15) is 16.7 Å². The Morgan fingerprint density at radius 2 is 1.56 bits per heavy atom. The zero-order valence-electron chi connectivity index (χ0n) is 10.7. The zero-order chi connectivity index (χ0) is 13.1. The molecule has 18 heavy (non-hydrogen) atoms. The van der Waals surface area contributed by atoms with Gasteiger partial charge in [-0.25, -0.2) is 0 Å². The van der Waals surface area contributed by atoms with E-state index in [9.17, 15) is 0 Å². The number of hydrogen-bond donors (Lipinski definition) is 2. The van der Waals surface area contributed by atoms with E-state index in [-0.39, 0.29) is 0 Å². The van der Waals surface area contributed by atoms with Crippen molar-refractivity contribution in [2.75, 3.05) is 11.5 Å². The van der Waals surface area contributed by atoms with Gasteiger partial charge >= 0.3 is 0 Å². The molecule has 0 heterocycles. The molecule has 0 aromatic heterocycles. The van der Waals surface area contributed by atoms with Crippen LogP contribution in [0.3, 0.4) is 0 Å². The molecule has 2 aromatic carbocycles. The van der Waals surface area contributed by atoms with E-state index in [4.69, 9.17) is 11.5 Å². The molecule has 2 nitrogen and oxygen atoms in total. The summed E-state index contributed by atoms with van der Waals surface area (Å²) >= 11 is 1.78. The molecule has 0 unspecified atom stereocenters. The van der Waals surface area contributed by atoms with Crippen molar-refractivity contribution in [3.8, 4) is 0 Å². The summed E-state index contributed by atoms with van der Waals surface area (Å²) in [4.78, 5) is 1.15. The highest BCUT2D eigenvalue weighted by molar-refractivity contribution is 7.98. The van der Waals surface area contributed by atoms with E-state index in [1.54, 1.807) is 11.8 Å². The number of hydrogen-bond acceptors (Lipinski definition) is 3. The van der Waals surface area contributed by atoms with Crippen LogP contribution in [-0.2, 0) is 5.75 Å². The summed E-state index contributed by atoms with van der Waals surface area (Å²) in [7, 11) is 0. The van der Waals surface area contributed by atoms with E-state index in [2.05, 4.69) is 32.0 Å². The minimum atomic E-state index is 0.644. The van der Waals surface area contributed by atoms with Crippen molar-refractivity contribution < 1.29 is 0 Å². The summed E-state index contributed by atoms with van der Waals surface area (Å²) in [6.45, 7) is 4.25. The molecule has 0 amide bonds. The molecule has 2 rings (SSSR count). The van der Waals surface area contributed by atoms with Gasteiger partial charge in [-0.05, 0) is 37.6 Å². The summed E-state index contributed by atoms with van der Waals surface area (Å²) in [5, 5.41) is 0. The zero-order valence-corrected chi connectivity index (χ0v) is 11.6. The van der Waals surface area contributed by atoms with Crippen LogP contribution < -0.4 is 11.5 Å². The number of aryl methyl sites for hydroxylation is 2. The Balaban J connectivity index is 2.08. The Morgan fingerprint density at radius 1 is 0.889 bits per heavy atom. The molecule has 0 atom stereocenters. The third kappa shape index (κ3) is 3.20. The van der Waals surface area contributed by atoms with Gasteiger partial charge in [-0.1, -0.05) is 29.3 Å². The number of anilines is 2. The van der Waals surface area contributed by atoms with Crippen LogP contribution in [-0.4, -0.2) is 0 Å². The molecule has 2 aromatic rings. The molecule has 0 radical (unpaired) electrons. The smallest absolute Gasteiger partial charge is 0.0559 e. The van der Waals surface area contributed by atoms with Crippen molar-refractivity contribution in [2.45, 2.75) is 24.5 Å². The second kappa shape index (κ2) is 5.36. The Labute approximate surface area is 112 Å². The van der Waals surface area contributed by atoms with Gasteiger partial charge in [0.15, 0.2) is 0 Å². The van der Waals surface area contributed by atoms with Gasteiger partial charge in [0, 0.05) is 10.6 Å². The predicted molar refractivity (Wildman–Crippen MR) is 80.7 cm³/mol. The molecule has 4 N–H and O–H groups in total. The normalized spacial score (nSPS) is 10.6. The Hall–Kier alpha value is -1.61. The molecule has 94 valence electrons. The number of nitrogen functional groups attached to an aromatic ring is 2. The molecule has 0 aliphatic heterocycles. The van der Waals surface area contributed by atoms with E-state index in [0.29, 0.717) is 11.4 Å². The molecule has 0 fully saturated rings. The molecule has 0 saturated carbocycles. The lowest BCUT2D eigenvalue weighted by atomic mass is 10.1. The summed E-state index contributed by atoms with van der Waals surface area (Å²) in [5.41, 5.74) is 16.8. The largest absolute Gasteiger partial charge is 0.397 e. The van der Waals surface area contributed by atoms with Crippen molar-refractivity contribution in [3.05, 3.63) is 53.1 Å². The lowest BCUT2D eigenvalue weighted by molar-refractivity contribution is 1.29. The lowest BCUT2D eigenvalue weighted by Gasteiger charge is -2.07. The first kappa shape index (κ1) is 12.8. The molecular weight excluding hydrogens is 240 g/mol. The molecule has 0 aliphatic rings. The summed E-state index contributed by atoms with van der Waals surface area (Å²) in [6.07, 6.45) is 0. The summed E-state index contributed by atoms with van der Waals surface area (Å²) in [5.74, 6) is 0.950. The van der Waals surface area contributed by atoms with Gasteiger partial charge in [-0.15, -0.1) is 11.8 Å². The number of thioether (sulfide) groups is 1. The van der Waals surface area contributed by atoms with Crippen LogP contribution >= 0.6 is 11.8 Å². The van der Waals surface area contributed by atoms with E-state index < -0.39 is 0 Å². The van der Waals surface area contributed by atoms with Gasteiger partial charge in [0.2, 0.25) is 0 Å². The molecule has 0 spiro atoms. The maximum atomic E-state index is 5.80. The van der Waals surface area contributed by atoms with E-state index in [1.165, 1.54) is 16.7 Å². The van der Waals surface area contributed by atoms with Crippen molar-refractivity contribution in [2.24, 2.45) is 0 Å². The predicted octanol–water partition coefficient (Wildman–Crippen LogP) is 3.76. The quantitative estimate of drug-likeness (QED) is 0.651. The topological polar surface area (TPSA) is 52.0 Å². The van der Waals surface area contributed by atoms with E-state index in [0.717, 1.165) is 10.6 Å². The second-order valence-electron chi connectivity index (χ2n) is 4.58. The van der Waals surface area contributed by atoms with Gasteiger partial charge in [-0.2, -0.15) is 0 Å². The minimum Gasteiger partial charge on any atom is -0.397 e. The minimum absolute atomic E-state index is 0.644. The van der Waals surface area contributed by atoms with Gasteiger partial charge < -0.3 is 11.5 Å². The van der Waals surface area contributed by atoms with Crippen molar-refractivity contribution in [1.29, 1.82) is 0 Å². The third-order valence-corrected chi connectivity index (χ3v) is 3.81. The van der Waals surface area contributed by atoms with Crippen molar-refractivity contribution in [1.82, 2.24) is 0 Å². The summed E-state index contributed by atoms with van der Waals surface area (Å²) in [6, 6.07) is 12.4. The van der Waals surface area contributed by atoms with E-state index in [1.807, 2.05) is 18.2 Å². The average Bonchev–Trinajstić information content (AvgIpc) is 2.29. The van der Waals surface area contributed by atoms with Crippen LogP contribution in [0.5, 0.6) is 0 Å². The van der Waals surface area contributed by atoms with Crippen LogP contribution in [0.2, 0.25) is 0 Å². The number of nitrogens with two attached hydrogens (primary N) is 2. The average molecular weight is 258 g/mol. The standard InChI is InChI=1S/C15H18N2S/c1-10-5-11(2)7-12(6-10)9-18-13-3-4-14(16)15(17)8-13/h3-8H,9,16-17H2,1-2H3. The van der Waals surface area contributed by atoms with Crippen molar-refractivity contribution in [3.63, 3.8) is 0 Å². The first-order chi connectivity index (χ1) is 8.54. The highest BCUT2D eigenvalue weighted by atomic mass is 32.2. The Bertz CT molecular complexity index is 544. The maximum Gasteiger partial charge on any atom is 0.0559 e. The highest BCUT2D eigenvalue weighted by Crippen LogP contribution is 2.27. The van der Waals surface area contributed by atoms with Crippen LogP contribution in [0.25, 0.3) is 0 Å². The Morgan fingerprint density at radius 3 is 2.17 bits per heavy atom. The van der Waals surface area contributed by atoms with Gasteiger partial charge in [0.05, 0.1) is 11.4 Å². The first-order valence-corrected chi connectivity index (χ1v) is 6.88. The van der Waals surface area contributed by atoms with E-state index >= 15 is 0 Å². The lowest BCUT2D eigenvalue weighted by Crippen LogP contribution is -1.94. The Kier molecular flexibility index (Phi) is 3.82. The molecule has 0 saturated heterocycles. The number of rotatable bonds is 3. The van der Waals surface area contributed by atoms with Gasteiger partial charge in [0.25, 0.3) is 0 Å². The molecule has 3 heteroatoms. The molecular formula is C15H18N2S. The third-order valence-electron chi connectivity index (χ3n) is 2.75. The fourth-order valence-corrected chi connectivity index (χ4v) is 2.84. The van der Waals surface area contributed by atoms with Gasteiger partial charge in [-0.3, -0.25) is 0 Å². The fourth-order valence-electron chi connectivity index (χ4n) is 1.96. The molecule has 0 aliphatic carbocycles. The van der Waals surface area contributed by atoms with Gasteiger partial charge in [0.1, 0.15) is 0 Å².